The van der Waals surface area contributed by atoms with Gasteiger partial charge in [-0.3, -0.25) is 4.79 Å². The summed E-state index contributed by atoms with van der Waals surface area (Å²) in [6, 6.07) is 6.18. The van der Waals surface area contributed by atoms with Crippen LogP contribution >= 0.6 is 0 Å². The van der Waals surface area contributed by atoms with Gasteiger partial charge in [-0.05, 0) is 30.7 Å². The Morgan fingerprint density at radius 2 is 2.11 bits per heavy atom. The molecule has 0 saturated carbocycles. The third kappa shape index (κ3) is 2.34. The van der Waals surface area contributed by atoms with Gasteiger partial charge in [0.25, 0.3) is 5.91 Å². The highest BCUT2D eigenvalue weighted by molar-refractivity contribution is 6.03. The lowest BCUT2D eigenvalue weighted by atomic mass is 10.2. The van der Waals surface area contributed by atoms with Crippen molar-refractivity contribution in [2.24, 2.45) is 7.05 Å². The first-order valence-corrected chi connectivity index (χ1v) is 5.46. The number of halogens is 1. The molecule has 4 nitrogen and oxygen atoms in total. The van der Waals surface area contributed by atoms with Gasteiger partial charge in [0.2, 0.25) is 0 Å². The fourth-order valence-electron chi connectivity index (χ4n) is 1.72. The van der Waals surface area contributed by atoms with E-state index in [1.165, 1.54) is 12.1 Å². The number of hydrogen-bond acceptors (Lipinski definition) is 2. The molecule has 18 heavy (non-hydrogen) atoms. The van der Waals surface area contributed by atoms with Crippen molar-refractivity contribution in [3.05, 3.63) is 47.5 Å². The SMILES string of the molecule is Cc1ccc(NC(=O)c2cc(N)cn2C)c(F)c1. The molecule has 2 aromatic rings. The predicted molar refractivity (Wildman–Crippen MR) is 68.9 cm³/mol. The molecular formula is C13H14FN3O. The molecule has 0 aliphatic rings. The summed E-state index contributed by atoms with van der Waals surface area (Å²) < 4.78 is 15.2. The molecule has 3 N–H and O–H groups in total. The number of aromatic nitrogens is 1. The number of aryl methyl sites for hydroxylation is 2. The second kappa shape index (κ2) is 4.52. The number of anilines is 2. The van der Waals surface area contributed by atoms with E-state index in [4.69, 9.17) is 5.73 Å². The lowest BCUT2D eigenvalue weighted by molar-refractivity contribution is 0.101. The summed E-state index contributed by atoms with van der Waals surface area (Å²) in [5.41, 5.74) is 7.42. The molecule has 1 aromatic carbocycles. The molecule has 5 heteroatoms. The molecule has 1 heterocycles. The molecule has 0 spiro atoms. The van der Waals surface area contributed by atoms with Gasteiger partial charge in [-0.15, -0.1) is 0 Å². The van der Waals surface area contributed by atoms with Crippen LogP contribution in [0, 0.1) is 12.7 Å². The minimum Gasteiger partial charge on any atom is -0.397 e. The summed E-state index contributed by atoms with van der Waals surface area (Å²) >= 11 is 0. The van der Waals surface area contributed by atoms with Gasteiger partial charge in [0.1, 0.15) is 11.5 Å². The minimum atomic E-state index is -0.453. The smallest absolute Gasteiger partial charge is 0.272 e. The predicted octanol–water partition coefficient (Wildman–Crippen LogP) is 2.31. The lowest BCUT2D eigenvalue weighted by Crippen LogP contribution is -2.16. The number of rotatable bonds is 2. The maximum atomic E-state index is 13.6. The van der Waals surface area contributed by atoms with Gasteiger partial charge in [0.05, 0.1) is 11.4 Å². The van der Waals surface area contributed by atoms with Gasteiger partial charge in [-0.25, -0.2) is 4.39 Å². The number of benzene rings is 1. The second-order valence-electron chi connectivity index (χ2n) is 4.21. The van der Waals surface area contributed by atoms with Gasteiger partial charge in [0, 0.05) is 13.2 Å². The van der Waals surface area contributed by atoms with Crippen LogP contribution in [0.4, 0.5) is 15.8 Å². The Kier molecular flexibility index (Phi) is 3.06. The number of nitrogens with one attached hydrogen (secondary N) is 1. The van der Waals surface area contributed by atoms with Crippen molar-refractivity contribution in [3.8, 4) is 0 Å². The standard InChI is InChI=1S/C13H14FN3O/c1-8-3-4-11(10(14)5-8)16-13(18)12-6-9(15)7-17(12)2/h3-7H,15H2,1-2H3,(H,16,18). The maximum Gasteiger partial charge on any atom is 0.272 e. The van der Waals surface area contributed by atoms with Crippen molar-refractivity contribution in [2.75, 3.05) is 11.1 Å². The number of carbonyl (C=O) groups excluding carboxylic acids is 1. The average molecular weight is 247 g/mol. The minimum absolute atomic E-state index is 0.158. The van der Waals surface area contributed by atoms with Crippen LogP contribution in [0.3, 0.4) is 0 Å². The molecule has 94 valence electrons. The van der Waals surface area contributed by atoms with Gasteiger partial charge in [-0.1, -0.05) is 6.07 Å². The van der Waals surface area contributed by atoms with E-state index in [0.717, 1.165) is 5.56 Å². The van der Waals surface area contributed by atoms with Gasteiger partial charge in [-0.2, -0.15) is 0 Å². The van der Waals surface area contributed by atoms with Crippen LogP contribution in [0.2, 0.25) is 0 Å². The molecule has 0 atom stereocenters. The van der Waals surface area contributed by atoms with E-state index >= 15 is 0 Å². The zero-order chi connectivity index (χ0) is 13.3. The lowest BCUT2D eigenvalue weighted by Gasteiger charge is -2.07. The number of nitrogens with zero attached hydrogens (tertiary/aromatic N) is 1. The van der Waals surface area contributed by atoms with E-state index in [-0.39, 0.29) is 5.69 Å². The molecule has 0 bridgehead atoms. The molecule has 1 aromatic heterocycles. The zero-order valence-electron chi connectivity index (χ0n) is 10.2. The molecule has 0 fully saturated rings. The summed E-state index contributed by atoms with van der Waals surface area (Å²) in [4.78, 5) is 11.9. The van der Waals surface area contributed by atoms with Crippen LogP contribution in [0.15, 0.2) is 30.5 Å². The molecule has 0 saturated heterocycles. The molecule has 0 aliphatic carbocycles. The monoisotopic (exact) mass is 247 g/mol. The quantitative estimate of drug-likeness (QED) is 0.855. The first kappa shape index (κ1) is 12.2. The van der Waals surface area contributed by atoms with E-state index in [2.05, 4.69) is 5.32 Å². The Hall–Kier alpha value is -2.30. The van der Waals surface area contributed by atoms with Gasteiger partial charge < -0.3 is 15.6 Å². The van der Waals surface area contributed by atoms with E-state index in [9.17, 15) is 9.18 Å². The second-order valence-corrected chi connectivity index (χ2v) is 4.21. The summed E-state index contributed by atoms with van der Waals surface area (Å²) in [7, 11) is 1.71. The van der Waals surface area contributed by atoms with Gasteiger partial charge >= 0.3 is 0 Å². The third-order valence-corrected chi connectivity index (χ3v) is 2.63. The van der Waals surface area contributed by atoms with E-state index in [1.807, 2.05) is 0 Å². The van der Waals surface area contributed by atoms with Crippen molar-refractivity contribution < 1.29 is 9.18 Å². The summed E-state index contributed by atoms with van der Waals surface area (Å²) in [6.45, 7) is 1.78. The highest BCUT2D eigenvalue weighted by Crippen LogP contribution is 2.17. The molecule has 0 unspecified atom stereocenters. The summed E-state index contributed by atoms with van der Waals surface area (Å²) in [5.74, 6) is -0.845. The van der Waals surface area contributed by atoms with Crippen molar-refractivity contribution in [3.63, 3.8) is 0 Å². The first-order valence-electron chi connectivity index (χ1n) is 5.46. The Balaban J connectivity index is 2.24. The van der Waals surface area contributed by atoms with Crippen LogP contribution in [0.25, 0.3) is 0 Å². The Morgan fingerprint density at radius 1 is 1.39 bits per heavy atom. The fourth-order valence-corrected chi connectivity index (χ4v) is 1.72. The van der Waals surface area contributed by atoms with E-state index in [0.29, 0.717) is 11.4 Å². The van der Waals surface area contributed by atoms with Crippen LogP contribution in [0.5, 0.6) is 0 Å². The van der Waals surface area contributed by atoms with Crippen molar-refractivity contribution >= 4 is 17.3 Å². The van der Waals surface area contributed by atoms with Crippen LogP contribution in [-0.4, -0.2) is 10.5 Å². The highest BCUT2D eigenvalue weighted by Gasteiger charge is 2.13. The Bertz CT molecular complexity index is 604. The number of amides is 1. The van der Waals surface area contributed by atoms with E-state index in [1.54, 1.807) is 36.9 Å². The highest BCUT2D eigenvalue weighted by atomic mass is 19.1. The Morgan fingerprint density at radius 3 is 2.67 bits per heavy atom. The number of carbonyl (C=O) groups is 1. The van der Waals surface area contributed by atoms with Crippen molar-refractivity contribution in [1.82, 2.24) is 4.57 Å². The average Bonchev–Trinajstić information content (AvgIpc) is 2.62. The van der Waals surface area contributed by atoms with Gasteiger partial charge in [0.15, 0.2) is 0 Å². The third-order valence-electron chi connectivity index (χ3n) is 2.63. The van der Waals surface area contributed by atoms with E-state index < -0.39 is 11.7 Å². The van der Waals surface area contributed by atoms with Crippen LogP contribution in [-0.2, 0) is 7.05 Å². The Labute approximate surface area is 104 Å². The molecule has 0 radical (unpaired) electrons. The number of nitrogen functional groups attached to an aromatic ring is 1. The fraction of sp³-hybridized carbons (Fsp3) is 0.154. The number of hydrogen-bond donors (Lipinski definition) is 2. The van der Waals surface area contributed by atoms with Crippen molar-refractivity contribution in [1.29, 1.82) is 0 Å². The zero-order valence-corrected chi connectivity index (χ0v) is 10.2. The summed E-state index contributed by atoms with van der Waals surface area (Å²) in [6.07, 6.45) is 1.63. The maximum absolute atomic E-state index is 13.6. The number of nitrogens with two attached hydrogens (primary N) is 1. The van der Waals surface area contributed by atoms with Crippen molar-refractivity contribution in [2.45, 2.75) is 6.92 Å². The first-order chi connectivity index (χ1) is 8.47. The van der Waals surface area contributed by atoms with Crippen LogP contribution < -0.4 is 11.1 Å². The molecular weight excluding hydrogens is 233 g/mol. The topological polar surface area (TPSA) is 60.1 Å². The summed E-state index contributed by atoms with van der Waals surface area (Å²) in [5, 5.41) is 2.52. The van der Waals surface area contributed by atoms with Crippen LogP contribution in [0.1, 0.15) is 16.1 Å². The molecule has 0 aliphatic heterocycles. The molecule has 1 amide bonds. The normalized spacial score (nSPS) is 10.4. The molecule has 2 rings (SSSR count). The largest absolute Gasteiger partial charge is 0.397 e.